The highest BCUT2D eigenvalue weighted by molar-refractivity contribution is 5.78. The molecule has 0 aromatic carbocycles. The fourth-order valence-electron chi connectivity index (χ4n) is 1.54. The van der Waals surface area contributed by atoms with E-state index in [9.17, 15) is 4.79 Å². The third-order valence-electron chi connectivity index (χ3n) is 1.86. The highest BCUT2D eigenvalue weighted by Gasteiger charge is 2.34. The van der Waals surface area contributed by atoms with Gasteiger partial charge in [0.05, 0.1) is 5.54 Å². The van der Waals surface area contributed by atoms with E-state index >= 15 is 0 Å². The summed E-state index contributed by atoms with van der Waals surface area (Å²) in [6.07, 6.45) is 0.660. The van der Waals surface area contributed by atoms with Crippen molar-refractivity contribution in [3.8, 4) is 0 Å². The lowest BCUT2D eigenvalue weighted by Crippen LogP contribution is -2.49. The van der Waals surface area contributed by atoms with Crippen molar-refractivity contribution >= 4 is 5.91 Å². The van der Waals surface area contributed by atoms with Crippen LogP contribution < -0.4 is 0 Å². The molecule has 11 heavy (non-hydrogen) atoms. The van der Waals surface area contributed by atoms with E-state index in [0.717, 1.165) is 6.54 Å². The average Bonchev–Trinajstić information content (AvgIpc) is 2.08. The molecule has 1 heterocycles. The first-order chi connectivity index (χ1) is 4.93. The minimum Gasteiger partial charge on any atom is -0.273 e. The minimum absolute atomic E-state index is 0.0671. The van der Waals surface area contributed by atoms with Crippen molar-refractivity contribution in [1.82, 2.24) is 10.0 Å². The van der Waals surface area contributed by atoms with E-state index in [-0.39, 0.29) is 11.4 Å². The van der Waals surface area contributed by atoms with Gasteiger partial charge in [-0.2, -0.15) is 0 Å². The van der Waals surface area contributed by atoms with Crippen LogP contribution in [0.15, 0.2) is 0 Å². The number of rotatable bonds is 0. The summed E-state index contributed by atoms with van der Waals surface area (Å²) in [6.45, 7) is 7.00. The van der Waals surface area contributed by atoms with Crippen LogP contribution in [0, 0.1) is 0 Å². The topological polar surface area (TPSA) is 23.6 Å². The van der Waals surface area contributed by atoms with Crippen LogP contribution in [0.3, 0.4) is 0 Å². The number of carbonyl (C=O) groups excluding carboxylic acids is 1. The van der Waals surface area contributed by atoms with Gasteiger partial charge in [-0.25, -0.2) is 5.01 Å². The van der Waals surface area contributed by atoms with Crippen molar-refractivity contribution in [3.63, 3.8) is 0 Å². The smallest absolute Gasteiger partial charge is 0.238 e. The lowest BCUT2D eigenvalue weighted by Gasteiger charge is -2.36. The van der Waals surface area contributed by atoms with Gasteiger partial charge in [-0.3, -0.25) is 9.80 Å². The van der Waals surface area contributed by atoms with E-state index in [2.05, 4.69) is 0 Å². The lowest BCUT2D eigenvalue weighted by molar-refractivity contribution is -0.145. The molecular formula is C8H16N2O. The molecule has 1 rings (SSSR count). The Kier molecular flexibility index (Phi) is 1.92. The van der Waals surface area contributed by atoms with Gasteiger partial charge in [0.15, 0.2) is 0 Å². The van der Waals surface area contributed by atoms with Crippen LogP contribution in [0.2, 0.25) is 0 Å². The van der Waals surface area contributed by atoms with Crippen LogP contribution >= 0.6 is 0 Å². The maximum atomic E-state index is 11.3. The summed E-state index contributed by atoms with van der Waals surface area (Å²) in [4.78, 5) is 11.3. The molecule has 0 bridgehead atoms. The van der Waals surface area contributed by atoms with E-state index in [1.165, 1.54) is 0 Å². The van der Waals surface area contributed by atoms with Crippen LogP contribution in [0.5, 0.6) is 0 Å². The van der Waals surface area contributed by atoms with Gasteiger partial charge in [0.1, 0.15) is 0 Å². The molecule has 3 nitrogen and oxygen atoms in total. The Hall–Kier alpha value is -0.570. The fourth-order valence-corrected chi connectivity index (χ4v) is 1.54. The van der Waals surface area contributed by atoms with E-state index in [1.54, 1.807) is 0 Å². The third kappa shape index (κ3) is 1.53. The second-order valence-electron chi connectivity index (χ2n) is 4.01. The predicted octanol–water partition coefficient (Wildman–Crippen LogP) is 0.864. The monoisotopic (exact) mass is 156 g/mol. The maximum absolute atomic E-state index is 11.3. The highest BCUT2D eigenvalue weighted by Crippen LogP contribution is 2.21. The largest absolute Gasteiger partial charge is 0.273 e. The molecule has 1 aliphatic heterocycles. The summed E-state index contributed by atoms with van der Waals surface area (Å²) in [5.74, 6) is 0.236. The number of nitrogens with zero attached hydrogens (tertiary/aromatic N) is 2. The number of hydrazine groups is 1. The summed E-state index contributed by atoms with van der Waals surface area (Å²) in [5.41, 5.74) is -0.0671. The Balaban J connectivity index is 2.77. The number of carbonyl (C=O) groups is 1. The van der Waals surface area contributed by atoms with Crippen LogP contribution in [0.4, 0.5) is 0 Å². The van der Waals surface area contributed by atoms with Crippen molar-refractivity contribution in [2.24, 2.45) is 0 Å². The molecule has 1 fully saturated rings. The molecular weight excluding hydrogens is 140 g/mol. The van der Waals surface area contributed by atoms with E-state index < -0.39 is 0 Å². The third-order valence-corrected chi connectivity index (χ3v) is 1.86. The van der Waals surface area contributed by atoms with Crippen LogP contribution in [0.1, 0.15) is 27.2 Å². The first-order valence-corrected chi connectivity index (χ1v) is 3.97. The first kappa shape index (κ1) is 8.53. The van der Waals surface area contributed by atoms with Crippen LogP contribution in [-0.2, 0) is 4.79 Å². The molecule has 1 saturated heterocycles. The van der Waals surface area contributed by atoms with Crippen molar-refractivity contribution in [3.05, 3.63) is 0 Å². The zero-order valence-electron chi connectivity index (χ0n) is 7.72. The standard InChI is InChI=1S/C8H16N2O/c1-8(2,3)10-7(11)5-6-9(10)4/h5-6H2,1-4H3. The van der Waals surface area contributed by atoms with Gasteiger partial charge in [-0.1, -0.05) is 0 Å². The molecule has 0 spiro atoms. The normalized spacial score (nSPS) is 21.5. The first-order valence-electron chi connectivity index (χ1n) is 3.97. The van der Waals surface area contributed by atoms with Crippen LogP contribution in [0.25, 0.3) is 0 Å². The Bertz CT molecular complexity index is 171. The van der Waals surface area contributed by atoms with Gasteiger partial charge in [0.25, 0.3) is 0 Å². The lowest BCUT2D eigenvalue weighted by atomic mass is 10.1. The van der Waals surface area contributed by atoms with Crippen molar-refractivity contribution < 1.29 is 4.79 Å². The average molecular weight is 156 g/mol. The van der Waals surface area contributed by atoms with E-state index in [1.807, 2.05) is 37.8 Å². The highest BCUT2D eigenvalue weighted by atomic mass is 16.2. The zero-order valence-corrected chi connectivity index (χ0v) is 7.72. The predicted molar refractivity (Wildman–Crippen MR) is 43.8 cm³/mol. The van der Waals surface area contributed by atoms with Crippen molar-refractivity contribution in [2.75, 3.05) is 13.6 Å². The summed E-state index contributed by atoms with van der Waals surface area (Å²) >= 11 is 0. The second kappa shape index (κ2) is 2.48. The zero-order chi connectivity index (χ0) is 8.65. The number of hydrogen-bond donors (Lipinski definition) is 0. The molecule has 0 aliphatic carbocycles. The molecule has 3 heteroatoms. The fraction of sp³-hybridized carbons (Fsp3) is 0.875. The van der Waals surface area contributed by atoms with Gasteiger partial charge in [0.2, 0.25) is 5.91 Å². The minimum atomic E-state index is -0.0671. The van der Waals surface area contributed by atoms with Gasteiger partial charge in [-0.05, 0) is 20.8 Å². The Morgan fingerprint density at radius 2 is 1.91 bits per heavy atom. The van der Waals surface area contributed by atoms with Gasteiger partial charge < -0.3 is 0 Å². The molecule has 0 aromatic rings. The van der Waals surface area contributed by atoms with Gasteiger partial charge >= 0.3 is 0 Å². The summed E-state index contributed by atoms with van der Waals surface area (Å²) in [6, 6.07) is 0. The molecule has 0 saturated carbocycles. The SMILES string of the molecule is CN1CCC(=O)N1C(C)(C)C. The molecule has 0 atom stereocenters. The molecule has 64 valence electrons. The summed E-state index contributed by atoms with van der Waals surface area (Å²) in [5, 5.41) is 3.81. The molecule has 0 unspecified atom stereocenters. The molecule has 0 N–H and O–H groups in total. The Labute approximate surface area is 67.9 Å². The quantitative estimate of drug-likeness (QED) is 0.519. The Morgan fingerprint density at radius 1 is 1.36 bits per heavy atom. The molecule has 0 aromatic heterocycles. The molecule has 0 radical (unpaired) electrons. The van der Waals surface area contributed by atoms with Gasteiger partial charge in [-0.15, -0.1) is 0 Å². The summed E-state index contributed by atoms with van der Waals surface area (Å²) in [7, 11) is 1.95. The van der Waals surface area contributed by atoms with Crippen molar-refractivity contribution in [1.29, 1.82) is 0 Å². The Morgan fingerprint density at radius 3 is 2.09 bits per heavy atom. The second-order valence-corrected chi connectivity index (χ2v) is 4.01. The molecule has 1 aliphatic rings. The molecule has 1 amide bonds. The van der Waals surface area contributed by atoms with E-state index in [4.69, 9.17) is 0 Å². The summed E-state index contributed by atoms with van der Waals surface area (Å²) < 4.78 is 0. The number of hydrogen-bond acceptors (Lipinski definition) is 2. The van der Waals surface area contributed by atoms with Crippen LogP contribution in [-0.4, -0.2) is 35.1 Å². The van der Waals surface area contributed by atoms with E-state index in [0.29, 0.717) is 6.42 Å². The maximum Gasteiger partial charge on any atom is 0.238 e. The van der Waals surface area contributed by atoms with Crippen molar-refractivity contribution in [2.45, 2.75) is 32.7 Å². The number of amides is 1. The van der Waals surface area contributed by atoms with Gasteiger partial charge in [0, 0.05) is 20.0 Å².